The molecule has 0 amide bonds. The molecule has 0 spiro atoms. The second-order valence-electron chi connectivity index (χ2n) is 4.65. The van der Waals surface area contributed by atoms with Gasteiger partial charge in [-0.1, -0.05) is 26.0 Å². The molecule has 1 aromatic heterocycles. The van der Waals surface area contributed by atoms with Crippen LogP contribution in [0.5, 0.6) is 0 Å². The van der Waals surface area contributed by atoms with E-state index >= 15 is 0 Å². The summed E-state index contributed by atoms with van der Waals surface area (Å²) >= 11 is 0. The lowest BCUT2D eigenvalue weighted by molar-refractivity contribution is 0.556. The molecule has 0 aliphatic heterocycles. The molecule has 3 N–H and O–H groups in total. The number of aromatic nitrogens is 1. The molecule has 1 rings (SSSR count). The van der Waals surface area contributed by atoms with Gasteiger partial charge in [-0.05, 0) is 49.5 Å². The number of nitrogens with one attached hydrogen (secondary N) is 1. The number of anilines is 1. The van der Waals surface area contributed by atoms with Gasteiger partial charge in [0, 0.05) is 6.20 Å². The van der Waals surface area contributed by atoms with Gasteiger partial charge in [0.25, 0.3) is 0 Å². The first kappa shape index (κ1) is 13.7. The van der Waals surface area contributed by atoms with Crippen molar-refractivity contribution in [3.63, 3.8) is 0 Å². The highest BCUT2D eigenvalue weighted by Gasteiger charge is 1.92. The van der Waals surface area contributed by atoms with Gasteiger partial charge in [0.1, 0.15) is 5.82 Å². The fourth-order valence-electron chi connectivity index (χ4n) is 1.53. The Morgan fingerprint density at radius 3 is 2.94 bits per heavy atom. The van der Waals surface area contributed by atoms with Crippen molar-refractivity contribution in [2.45, 2.75) is 26.7 Å². The SMILES string of the molecule is CC(C)CNCCC=CCc1ccnc(N)c1. The lowest BCUT2D eigenvalue weighted by atomic mass is 10.2. The number of allylic oxidation sites excluding steroid dienone is 1. The highest BCUT2D eigenvalue weighted by molar-refractivity contribution is 5.32. The smallest absolute Gasteiger partial charge is 0.123 e. The third kappa shape index (κ3) is 6.74. The maximum absolute atomic E-state index is 5.61. The average molecular weight is 233 g/mol. The minimum atomic E-state index is 0.592. The Labute approximate surface area is 104 Å². The van der Waals surface area contributed by atoms with Gasteiger partial charge in [-0.15, -0.1) is 0 Å². The van der Waals surface area contributed by atoms with Crippen molar-refractivity contribution in [2.75, 3.05) is 18.8 Å². The number of hydrogen-bond acceptors (Lipinski definition) is 3. The Kier molecular flexibility index (Phi) is 6.33. The zero-order valence-corrected chi connectivity index (χ0v) is 10.8. The molecule has 0 atom stereocenters. The largest absolute Gasteiger partial charge is 0.384 e. The number of hydrogen-bond donors (Lipinski definition) is 2. The van der Waals surface area contributed by atoms with Crippen LogP contribution in [-0.4, -0.2) is 18.1 Å². The molecule has 0 radical (unpaired) electrons. The van der Waals surface area contributed by atoms with E-state index in [4.69, 9.17) is 5.73 Å². The van der Waals surface area contributed by atoms with Gasteiger partial charge in [0.15, 0.2) is 0 Å². The normalized spacial score (nSPS) is 11.5. The summed E-state index contributed by atoms with van der Waals surface area (Å²) in [6.07, 6.45) is 8.16. The zero-order valence-electron chi connectivity index (χ0n) is 10.8. The maximum atomic E-state index is 5.61. The third-order valence-electron chi connectivity index (χ3n) is 2.41. The van der Waals surface area contributed by atoms with Gasteiger partial charge in [-0.2, -0.15) is 0 Å². The molecule has 0 fully saturated rings. The van der Waals surface area contributed by atoms with Crippen molar-refractivity contribution in [3.8, 4) is 0 Å². The molecule has 0 saturated carbocycles. The Balaban J connectivity index is 2.14. The van der Waals surface area contributed by atoms with Gasteiger partial charge >= 0.3 is 0 Å². The van der Waals surface area contributed by atoms with E-state index in [9.17, 15) is 0 Å². The fourth-order valence-corrected chi connectivity index (χ4v) is 1.53. The van der Waals surface area contributed by atoms with E-state index in [1.165, 1.54) is 5.56 Å². The summed E-state index contributed by atoms with van der Waals surface area (Å²) in [6, 6.07) is 3.92. The van der Waals surface area contributed by atoms with E-state index < -0.39 is 0 Å². The fraction of sp³-hybridized carbons (Fsp3) is 0.500. The Morgan fingerprint density at radius 1 is 1.41 bits per heavy atom. The monoisotopic (exact) mass is 233 g/mol. The first-order valence-electron chi connectivity index (χ1n) is 6.24. The van der Waals surface area contributed by atoms with Crippen molar-refractivity contribution < 1.29 is 0 Å². The highest BCUT2D eigenvalue weighted by atomic mass is 14.8. The number of nitrogen functional groups attached to an aromatic ring is 1. The molecule has 0 bridgehead atoms. The number of pyridine rings is 1. The summed E-state index contributed by atoms with van der Waals surface area (Å²) in [5.41, 5.74) is 6.82. The molecule has 3 nitrogen and oxygen atoms in total. The molecule has 1 aromatic rings. The highest BCUT2D eigenvalue weighted by Crippen LogP contribution is 2.04. The molecule has 1 heterocycles. The van der Waals surface area contributed by atoms with Crippen LogP contribution < -0.4 is 11.1 Å². The summed E-state index contributed by atoms with van der Waals surface area (Å²) in [5, 5.41) is 3.41. The van der Waals surface area contributed by atoms with Gasteiger partial charge < -0.3 is 11.1 Å². The third-order valence-corrected chi connectivity index (χ3v) is 2.41. The van der Waals surface area contributed by atoms with Gasteiger partial charge in [0.2, 0.25) is 0 Å². The van der Waals surface area contributed by atoms with Crippen LogP contribution in [0, 0.1) is 5.92 Å². The summed E-state index contributed by atoms with van der Waals surface area (Å²) in [4.78, 5) is 3.97. The second-order valence-corrected chi connectivity index (χ2v) is 4.65. The summed E-state index contributed by atoms with van der Waals surface area (Å²) in [6.45, 7) is 6.58. The Bertz CT molecular complexity index is 345. The first-order chi connectivity index (χ1) is 8.18. The molecular weight excluding hydrogens is 210 g/mol. The molecule has 0 aromatic carbocycles. The van der Waals surface area contributed by atoms with E-state index in [1.54, 1.807) is 6.20 Å². The van der Waals surface area contributed by atoms with E-state index in [-0.39, 0.29) is 0 Å². The lowest BCUT2D eigenvalue weighted by Gasteiger charge is -2.04. The van der Waals surface area contributed by atoms with E-state index in [0.29, 0.717) is 5.82 Å². The summed E-state index contributed by atoms with van der Waals surface area (Å²) in [5.74, 6) is 1.31. The molecule has 17 heavy (non-hydrogen) atoms. The van der Waals surface area contributed by atoms with E-state index in [2.05, 4.69) is 36.3 Å². The number of rotatable bonds is 7. The first-order valence-corrected chi connectivity index (χ1v) is 6.24. The molecule has 0 saturated heterocycles. The van der Waals surface area contributed by atoms with Gasteiger partial charge in [-0.3, -0.25) is 0 Å². The Morgan fingerprint density at radius 2 is 2.24 bits per heavy atom. The molecule has 0 aliphatic carbocycles. The summed E-state index contributed by atoms with van der Waals surface area (Å²) < 4.78 is 0. The zero-order chi connectivity index (χ0) is 12.5. The lowest BCUT2D eigenvalue weighted by Crippen LogP contribution is -2.20. The predicted octanol–water partition coefficient (Wildman–Crippen LogP) is 2.40. The second kappa shape index (κ2) is 7.85. The predicted molar refractivity (Wildman–Crippen MR) is 73.8 cm³/mol. The quantitative estimate of drug-likeness (QED) is 0.561. The minimum absolute atomic E-state index is 0.592. The van der Waals surface area contributed by atoms with E-state index in [0.717, 1.165) is 31.8 Å². The van der Waals surface area contributed by atoms with Crippen molar-refractivity contribution in [1.29, 1.82) is 0 Å². The standard InChI is InChI=1S/C14H23N3/c1-12(2)11-16-8-5-3-4-6-13-7-9-17-14(15)10-13/h3-4,7,9-10,12,16H,5-6,8,11H2,1-2H3,(H2,15,17). The van der Waals surface area contributed by atoms with Crippen molar-refractivity contribution in [3.05, 3.63) is 36.0 Å². The minimum Gasteiger partial charge on any atom is -0.384 e. The van der Waals surface area contributed by atoms with Crippen LogP contribution in [0.3, 0.4) is 0 Å². The van der Waals surface area contributed by atoms with Crippen LogP contribution in [0.2, 0.25) is 0 Å². The number of nitrogens with two attached hydrogens (primary N) is 1. The van der Waals surface area contributed by atoms with Crippen LogP contribution in [-0.2, 0) is 6.42 Å². The molecule has 0 unspecified atom stereocenters. The molecular formula is C14H23N3. The van der Waals surface area contributed by atoms with Crippen LogP contribution in [0.1, 0.15) is 25.8 Å². The molecule has 94 valence electrons. The van der Waals surface area contributed by atoms with Crippen LogP contribution in [0.25, 0.3) is 0 Å². The van der Waals surface area contributed by atoms with E-state index in [1.807, 2.05) is 12.1 Å². The van der Waals surface area contributed by atoms with Crippen LogP contribution in [0.4, 0.5) is 5.82 Å². The van der Waals surface area contributed by atoms with Crippen LogP contribution >= 0.6 is 0 Å². The van der Waals surface area contributed by atoms with Crippen LogP contribution in [0.15, 0.2) is 30.5 Å². The molecule has 3 heteroatoms. The van der Waals surface area contributed by atoms with Gasteiger partial charge in [-0.25, -0.2) is 4.98 Å². The summed E-state index contributed by atoms with van der Waals surface area (Å²) in [7, 11) is 0. The van der Waals surface area contributed by atoms with Gasteiger partial charge in [0.05, 0.1) is 0 Å². The topological polar surface area (TPSA) is 50.9 Å². The Hall–Kier alpha value is -1.35. The van der Waals surface area contributed by atoms with Crippen molar-refractivity contribution in [2.24, 2.45) is 5.92 Å². The molecule has 0 aliphatic rings. The average Bonchev–Trinajstić information content (AvgIpc) is 2.27. The number of nitrogens with zero attached hydrogens (tertiary/aromatic N) is 1. The maximum Gasteiger partial charge on any atom is 0.123 e. The van der Waals surface area contributed by atoms with Crippen molar-refractivity contribution in [1.82, 2.24) is 10.3 Å². The van der Waals surface area contributed by atoms with Crippen molar-refractivity contribution >= 4 is 5.82 Å².